The van der Waals surface area contributed by atoms with Gasteiger partial charge in [0.25, 0.3) is 0 Å². The van der Waals surface area contributed by atoms with E-state index in [0.29, 0.717) is 0 Å². The van der Waals surface area contributed by atoms with E-state index in [9.17, 15) is 4.79 Å². The SMILES string of the molecule is C=CC.CC(=O)/C(C)=C/C(C)=C(C)C. The van der Waals surface area contributed by atoms with Crippen LogP contribution in [0.1, 0.15) is 41.5 Å². The Morgan fingerprint density at radius 3 is 1.64 bits per heavy atom. The average Bonchev–Trinajstić information content (AvgIpc) is 2.05. The topological polar surface area (TPSA) is 17.1 Å². The second-order valence-electron chi connectivity index (χ2n) is 3.47. The summed E-state index contributed by atoms with van der Waals surface area (Å²) in [5, 5.41) is 0. The highest BCUT2D eigenvalue weighted by molar-refractivity contribution is 5.93. The van der Waals surface area contributed by atoms with Crippen LogP contribution in [0.5, 0.6) is 0 Å². The first-order valence-corrected chi connectivity index (χ1v) is 4.77. The van der Waals surface area contributed by atoms with Gasteiger partial charge in [0.1, 0.15) is 0 Å². The van der Waals surface area contributed by atoms with Crippen molar-refractivity contribution in [3.63, 3.8) is 0 Å². The van der Waals surface area contributed by atoms with Gasteiger partial charge in [0.15, 0.2) is 5.78 Å². The fourth-order valence-electron chi connectivity index (χ4n) is 0.571. The van der Waals surface area contributed by atoms with Crippen LogP contribution in [0.4, 0.5) is 0 Å². The molecule has 0 saturated carbocycles. The van der Waals surface area contributed by atoms with E-state index < -0.39 is 0 Å². The number of hydrogen-bond acceptors (Lipinski definition) is 1. The molecule has 1 heteroatoms. The number of ketones is 1. The standard InChI is InChI=1S/C10H16O.C3H6/c1-7(2)8(3)6-9(4)10(5)11;1-3-2/h6H,1-5H3;3H,1H2,2H3/b9-6+;. The monoisotopic (exact) mass is 194 g/mol. The van der Waals surface area contributed by atoms with Crippen LogP contribution in [0.2, 0.25) is 0 Å². The van der Waals surface area contributed by atoms with Crippen molar-refractivity contribution in [3.05, 3.63) is 35.5 Å². The molecule has 1 nitrogen and oxygen atoms in total. The molecule has 0 rings (SSSR count). The smallest absolute Gasteiger partial charge is 0.155 e. The third kappa shape index (κ3) is 8.98. The molecule has 0 radical (unpaired) electrons. The van der Waals surface area contributed by atoms with E-state index in [1.54, 1.807) is 13.0 Å². The largest absolute Gasteiger partial charge is 0.295 e. The van der Waals surface area contributed by atoms with E-state index in [1.165, 1.54) is 11.1 Å². The van der Waals surface area contributed by atoms with Crippen molar-refractivity contribution in [2.45, 2.75) is 41.5 Å². The summed E-state index contributed by atoms with van der Waals surface area (Å²) in [6.07, 6.45) is 3.68. The molecular weight excluding hydrogens is 172 g/mol. The number of Topliss-reactive ketones (excluding diaryl/α,β-unsaturated/α-hetero) is 1. The zero-order chi connectivity index (χ0) is 11.7. The highest BCUT2D eigenvalue weighted by Gasteiger charge is 1.95. The summed E-state index contributed by atoms with van der Waals surface area (Å²) >= 11 is 0. The lowest BCUT2D eigenvalue weighted by Gasteiger charge is -1.97. The maximum atomic E-state index is 10.8. The van der Waals surface area contributed by atoms with Crippen molar-refractivity contribution in [1.82, 2.24) is 0 Å². The summed E-state index contributed by atoms with van der Waals surface area (Å²) in [4.78, 5) is 10.8. The molecule has 0 fully saturated rings. The van der Waals surface area contributed by atoms with Gasteiger partial charge in [-0.05, 0) is 47.1 Å². The molecule has 0 aliphatic heterocycles. The minimum atomic E-state index is 0.144. The summed E-state index contributed by atoms with van der Waals surface area (Å²) in [6.45, 7) is 14.8. The molecule has 0 aliphatic rings. The molecule has 0 spiro atoms. The Balaban J connectivity index is 0. The Morgan fingerprint density at radius 2 is 1.43 bits per heavy atom. The van der Waals surface area contributed by atoms with E-state index in [2.05, 4.69) is 6.58 Å². The lowest BCUT2D eigenvalue weighted by molar-refractivity contribution is -0.113. The summed E-state index contributed by atoms with van der Waals surface area (Å²) < 4.78 is 0. The molecular formula is C13H22O. The van der Waals surface area contributed by atoms with Gasteiger partial charge in [0.05, 0.1) is 0 Å². The predicted molar refractivity (Wildman–Crippen MR) is 64.4 cm³/mol. The number of hydrogen-bond donors (Lipinski definition) is 0. The Bertz CT molecular complexity index is 250. The first-order valence-electron chi connectivity index (χ1n) is 4.77. The third-order valence-electron chi connectivity index (χ3n) is 1.78. The van der Waals surface area contributed by atoms with Gasteiger partial charge in [-0.1, -0.05) is 23.3 Å². The lowest BCUT2D eigenvalue weighted by Crippen LogP contribution is -1.91. The molecule has 0 N–H and O–H groups in total. The molecule has 0 aromatic heterocycles. The minimum absolute atomic E-state index is 0.144. The molecule has 0 aromatic carbocycles. The third-order valence-corrected chi connectivity index (χ3v) is 1.78. The van der Waals surface area contributed by atoms with Crippen molar-refractivity contribution in [2.75, 3.05) is 0 Å². The van der Waals surface area contributed by atoms with Gasteiger partial charge >= 0.3 is 0 Å². The van der Waals surface area contributed by atoms with Crippen LogP contribution in [0.3, 0.4) is 0 Å². The van der Waals surface area contributed by atoms with Gasteiger partial charge in [-0.2, -0.15) is 0 Å². The van der Waals surface area contributed by atoms with E-state index in [4.69, 9.17) is 0 Å². The molecule has 0 saturated heterocycles. The molecule has 0 bridgehead atoms. The first kappa shape index (κ1) is 15.4. The number of rotatable bonds is 2. The van der Waals surface area contributed by atoms with Gasteiger partial charge in [0.2, 0.25) is 0 Å². The maximum Gasteiger partial charge on any atom is 0.155 e. The van der Waals surface area contributed by atoms with Crippen molar-refractivity contribution in [3.8, 4) is 0 Å². The summed E-state index contributed by atoms with van der Waals surface area (Å²) in [6, 6.07) is 0. The summed E-state index contributed by atoms with van der Waals surface area (Å²) in [7, 11) is 0. The summed E-state index contributed by atoms with van der Waals surface area (Å²) in [5.41, 5.74) is 3.26. The van der Waals surface area contributed by atoms with Crippen LogP contribution < -0.4 is 0 Å². The fraction of sp³-hybridized carbons (Fsp3) is 0.462. The van der Waals surface area contributed by atoms with Crippen LogP contribution >= 0.6 is 0 Å². The van der Waals surface area contributed by atoms with Crippen LogP contribution in [0.25, 0.3) is 0 Å². The van der Waals surface area contributed by atoms with Crippen LogP contribution in [0.15, 0.2) is 35.5 Å². The second kappa shape index (κ2) is 8.49. The van der Waals surface area contributed by atoms with Gasteiger partial charge in [-0.25, -0.2) is 0 Å². The number of allylic oxidation sites excluding steroid dienone is 5. The fourth-order valence-corrected chi connectivity index (χ4v) is 0.571. The molecule has 0 heterocycles. The normalized spacial score (nSPS) is 9.71. The van der Waals surface area contributed by atoms with Crippen LogP contribution in [-0.4, -0.2) is 5.78 Å². The predicted octanol–water partition coefficient (Wildman–Crippen LogP) is 4.07. The van der Waals surface area contributed by atoms with E-state index in [-0.39, 0.29) is 5.78 Å². The van der Waals surface area contributed by atoms with Crippen LogP contribution in [0, 0.1) is 0 Å². The molecule has 0 aromatic rings. The quantitative estimate of drug-likeness (QED) is 0.368. The van der Waals surface area contributed by atoms with E-state index in [1.807, 2.05) is 40.7 Å². The van der Waals surface area contributed by atoms with Gasteiger partial charge in [0, 0.05) is 0 Å². The zero-order valence-electron chi connectivity index (χ0n) is 10.3. The Morgan fingerprint density at radius 1 is 1.07 bits per heavy atom. The Kier molecular flexibility index (Phi) is 9.31. The Labute approximate surface area is 88.2 Å². The first-order chi connectivity index (χ1) is 6.36. The van der Waals surface area contributed by atoms with E-state index >= 15 is 0 Å². The minimum Gasteiger partial charge on any atom is -0.295 e. The highest BCUT2D eigenvalue weighted by Crippen LogP contribution is 2.07. The van der Waals surface area contributed by atoms with Crippen molar-refractivity contribution < 1.29 is 4.79 Å². The van der Waals surface area contributed by atoms with E-state index in [0.717, 1.165) is 5.57 Å². The van der Waals surface area contributed by atoms with Gasteiger partial charge in [-0.3, -0.25) is 4.79 Å². The van der Waals surface area contributed by atoms with Gasteiger partial charge in [-0.15, -0.1) is 6.58 Å². The number of carbonyl (C=O) groups excluding carboxylic acids is 1. The summed E-state index contributed by atoms with van der Waals surface area (Å²) in [5.74, 6) is 0.144. The zero-order valence-corrected chi connectivity index (χ0v) is 10.3. The van der Waals surface area contributed by atoms with Crippen molar-refractivity contribution in [1.29, 1.82) is 0 Å². The average molecular weight is 194 g/mol. The van der Waals surface area contributed by atoms with Crippen molar-refractivity contribution in [2.24, 2.45) is 0 Å². The Hall–Kier alpha value is -1.11. The molecule has 0 amide bonds. The molecule has 0 unspecified atom stereocenters. The molecule has 0 atom stereocenters. The highest BCUT2D eigenvalue weighted by atomic mass is 16.1. The molecule has 80 valence electrons. The number of carbonyl (C=O) groups is 1. The molecule has 14 heavy (non-hydrogen) atoms. The van der Waals surface area contributed by atoms with Crippen LogP contribution in [-0.2, 0) is 4.79 Å². The maximum absolute atomic E-state index is 10.8. The lowest BCUT2D eigenvalue weighted by atomic mass is 10.1. The molecule has 0 aliphatic carbocycles. The van der Waals surface area contributed by atoms with Gasteiger partial charge < -0.3 is 0 Å². The second-order valence-corrected chi connectivity index (χ2v) is 3.47. The van der Waals surface area contributed by atoms with Crippen molar-refractivity contribution >= 4 is 5.78 Å².